The van der Waals surface area contributed by atoms with Gasteiger partial charge in [0.25, 0.3) is 0 Å². The lowest BCUT2D eigenvalue weighted by molar-refractivity contribution is -0.130. The Labute approximate surface area is 136 Å². The van der Waals surface area contributed by atoms with Crippen molar-refractivity contribution < 1.29 is 17.6 Å². The molecule has 1 N–H and O–H groups in total. The quantitative estimate of drug-likeness (QED) is 0.771. The second-order valence-corrected chi connectivity index (χ2v) is 7.63. The molecular formula is C16H23FN2O3S. The summed E-state index contributed by atoms with van der Waals surface area (Å²) in [6.07, 6.45) is 4.22. The molecule has 0 atom stereocenters. The van der Waals surface area contributed by atoms with Gasteiger partial charge < -0.3 is 4.90 Å². The van der Waals surface area contributed by atoms with E-state index in [1.165, 1.54) is 24.3 Å². The number of halogens is 1. The summed E-state index contributed by atoms with van der Waals surface area (Å²) < 4.78 is 39.3. The van der Waals surface area contributed by atoms with Crippen LogP contribution in [0.25, 0.3) is 0 Å². The molecule has 1 aromatic rings. The van der Waals surface area contributed by atoms with Gasteiger partial charge in [-0.1, -0.05) is 18.6 Å². The minimum atomic E-state index is -3.45. The largest absolute Gasteiger partial charge is 0.343 e. The lowest BCUT2D eigenvalue weighted by Crippen LogP contribution is -2.34. The smallest absolute Gasteiger partial charge is 0.222 e. The van der Waals surface area contributed by atoms with Crippen molar-refractivity contribution in [1.29, 1.82) is 0 Å². The fraction of sp³-hybridized carbons (Fsp3) is 0.562. The highest BCUT2D eigenvalue weighted by Gasteiger charge is 2.16. The van der Waals surface area contributed by atoms with Crippen LogP contribution in [0.4, 0.5) is 4.39 Å². The molecule has 7 heteroatoms. The van der Waals surface area contributed by atoms with Gasteiger partial charge in [-0.2, -0.15) is 0 Å². The Morgan fingerprint density at radius 2 is 1.87 bits per heavy atom. The Morgan fingerprint density at radius 3 is 2.61 bits per heavy atom. The first kappa shape index (κ1) is 17.9. The Bertz CT molecular complexity index is 617. The van der Waals surface area contributed by atoms with Gasteiger partial charge in [-0.05, 0) is 37.0 Å². The van der Waals surface area contributed by atoms with E-state index in [2.05, 4.69) is 4.72 Å². The monoisotopic (exact) mass is 342 g/mol. The lowest BCUT2D eigenvalue weighted by Gasteiger charge is -2.20. The van der Waals surface area contributed by atoms with Gasteiger partial charge in [0, 0.05) is 26.1 Å². The lowest BCUT2D eigenvalue weighted by atomic mass is 10.2. The second-order valence-electron chi connectivity index (χ2n) is 5.82. The van der Waals surface area contributed by atoms with Gasteiger partial charge in [0.15, 0.2) is 0 Å². The third kappa shape index (κ3) is 6.27. The van der Waals surface area contributed by atoms with E-state index in [9.17, 15) is 17.6 Å². The summed E-state index contributed by atoms with van der Waals surface area (Å²) in [6.45, 7) is 1.65. The summed E-state index contributed by atoms with van der Waals surface area (Å²) in [6, 6.07) is 5.42. The molecule has 0 unspecified atom stereocenters. The molecule has 0 bridgehead atoms. The standard InChI is InChI=1S/C16H23FN2O3S/c17-15-8-6-14(7-9-15)13-23(21,22)18-10-4-12-19-11-3-1-2-5-16(19)20/h6-9,18H,1-5,10-13H2. The van der Waals surface area contributed by atoms with Gasteiger partial charge in [-0.3, -0.25) is 4.79 Å². The molecule has 5 nitrogen and oxygen atoms in total. The van der Waals surface area contributed by atoms with Crippen LogP contribution in [0.15, 0.2) is 24.3 Å². The van der Waals surface area contributed by atoms with E-state index in [4.69, 9.17) is 0 Å². The molecule has 0 aromatic heterocycles. The summed E-state index contributed by atoms with van der Waals surface area (Å²) in [7, 11) is -3.45. The molecule has 1 aliphatic rings. The number of rotatable bonds is 7. The molecule has 2 rings (SSSR count). The molecule has 1 aromatic carbocycles. The molecule has 1 amide bonds. The summed E-state index contributed by atoms with van der Waals surface area (Å²) in [5, 5.41) is 0. The van der Waals surface area contributed by atoms with E-state index >= 15 is 0 Å². The third-order valence-electron chi connectivity index (χ3n) is 3.87. The number of hydrogen-bond donors (Lipinski definition) is 1. The first-order valence-electron chi connectivity index (χ1n) is 7.96. The van der Waals surface area contributed by atoms with Crippen LogP contribution in [0.1, 0.15) is 37.7 Å². The minimum absolute atomic E-state index is 0.164. The van der Waals surface area contributed by atoms with E-state index in [1.54, 1.807) is 0 Å². The zero-order valence-corrected chi connectivity index (χ0v) is 13.9. The minimum Gasteiger partial charge on any atom is -0.343 e. The molecule has 0 saturated carbocycles. The van der Waals surface area contributed by atoms with Gasteiger partial charge >= 0.3 is 0 Å². The molecule has 1 heterocycles. The first-order chi connectivity index (χ1) is 11.0. The molecule has 0 spiro atoms. The Kier molecular flexibility index (Phi) is 6.53. The molecule has 0 aliphatic carbocycles. The third-order valence-corrected chi connectivity index (χ3v) is 5.23. The van der Waals surface area contributed by atoms with Crippen molar-refractivity contribution >= 4 is 15.9 Å². The fourth-order valence-corrected chi connectivity index (χ4v) is 3.81. The maximum atomic E-state index is 12.8. The molecule has 128 valence electrons. The SMILES string of the molecule is O=C1CCCCCN1CCCNS(=O)(=O)Cc1ccc(F)cc1. The number of amides is 1. The highest BCUT2D eigenvalue weighted by Crippen LogP contribution is 2.11. The number of likely N-dealkylation sites (tertiary alicyclic amines) is 1. The number of hydrogen-bond acceptors (Lipinski definition) is 3. The van der Waals surface area contributed by atoms with Crippen molar-refractivity contribution in [2.45, 2.75) is 37.9 Å². The van der Waals surface area contributed by atoms with Gasteiger partial charge in [0.05, 0.1) is 5.75 Å². The summed E-state index contributed by atoms with van der Waals surface area (Å²) in [4.78, 5) is 13.7. The van der Waals surface area contributed by atoms with Crippen molar-refractivity contribution in [3.63, 3.8) is 0 Å². The maximum absolute atomic E-state index is 12.8. The normalized spacial score (nSPS) is 16.4. The Hall–Kier alpha value is -1.47. The molecular weight excluding hydrogens is 319 g/mol. The van der Waals surface area contributed by atoms with Gasteiger partial charge in [-0.15, -0.1) is 0 Å². The predicted octanol–water partition coefficient (Wildman–Crippen LogP) is 2.04. The first-order valence-corrected chi connectivity index (χ1v) is 9.61. The number of carbonyl (C=O) groups is 1. The van der Waals surface area contributed by atoms with Crippen molar-refractivity contribution in [2.75, 3.05) is 19.6 Å². The number of sulfonamides is 1. The maximum Gasteiger partial charge on any atom is 0.222 e. The number of carbonyl (C=O) groups excluding carboxylic acids is 1. The topological polar surface area (TPSA) is 66.5 Å². The van der Waals surface area contributed by atoms with Crippen LogP contribution in [0.5, 0.6) is 0 Å². The average Bonchev–Trinajstić information content (AvgIpc) is 2.71. The zero-order valence-electron chi connectivity index (χ0n) is 13.1. The van der Waals surface area contributed by atoms with Crippen molar-refractivity contribution in [1.82, 2.24) is 9.62 Å². The summed E-state index contributed by atoms with van der Waals surface area (Å²) in [5.41, 5.74) is 0.543. The van der Waals surface area contributed by atoms with E-state index in [0.717, 1.165) is 25.8 Å². The van der Waals surface area contributed by atoms with E-state index in [0.29, 0.717) is 31.5 Å². The molecule has 23 heavy (non-hydrogen) atoms. The fourth-order valence-electron chi connectivity index (χ4n) is 2.62. The van der Waals surface area contributed by atoms with Crippen LogP contribution in [0, 0.1) is 5.82 Å². The highest BCUT2D eigenvalue weighted by atomic mass is 32.2. The average molecular weight is 342 g/mol. The summed E-state index contributed by atoms with van der Waals surface area (Å²) in [5.74, 6) is -0.395. The van der Waals surface area contributed by atoms with Gasteiger partial charge in [-0.25, -0.2) is 17.5 Å². The second kappa shape index (κ2) is 8.40. The van der Waals surface area contributed by atoms with Crippen LogP contribution in [-0.4, -0.2) is 38.9 Å². The van der Waals surface area contributed by atoms with Crippen molar-refractivity contribution in [2.24, 2.45) is 0 Å². The van der Waals surface area contributed by atoms with E-state index in [-0.39, 0.29) is 17.5 Å². The number of nitrogens with zero attached hydrogens (tertiary/aromatic N) is 1. The number of benzene rings is 1. The van der Waals surface area contributed by atoms with Gasteiger partial charge in [0.2, 0.25) is 15.9 Å². The Balaban J connectivity index is 1.74. The molecule has 1 saturated heterocycles. The van der Waals surface area contributed by atoms with E-state index < -0.39 is 10.0 Å². The zero-order chi connectivity index (χ0) is 16.7. The number of nitrogens with one attached hydrogen (secondary N) is 1. The van der Waals surface area contributed by atoms with Crippen LogP contribution in [0.3, 0.4) is 0 Å². The predicted molar refractivity (Wildman–Crippen MR) is 86.7 cm³/mol. The molecule has 1 fully saturated rings. The van der Waals surface area contributed by atoms with Crippen LogP contribution in [-0.2, 0) is 20.6 Å². The van der Waals surface area contributed by atoms with Crippen molar-refractivity contribution in [3.8, 4) is 0 Å². The summed E-state index contributed by atoms with van der Waals surface area (Å²) >= 11 is 0. The van der Waals surface area contributed by atoms with Crippen molar-refractivity contribution in [3.05, 3.63) is 35.6 Å². The molecule has 1 aliphatic heterocycles. The molecule has 0 radical (unpaired) electrons. The van der Waals surface area contributed by atoms with Crippen LogP contribution in [0.2, 0.25) is 0 Å². The Morgan fingerprint density at radius 1 is 1.13 bits per heavy atom. The highest BCUT2D eigenvalue weighted by molar-refractivity contribution is 7.88. The van der Waals surface area contributed by atoms with Crippen LogP contribution < -0.4 is 4.72 Å². The van der Waals surface area contributed by atoms with Gasteiger partial charge in [0.1, 0.15) is 5.82 Å². The van der Waals surface area contributed by atoms with Crippen LogP contribution >= 0.6 is 0 Å². The van der Waals surface area contributed by atoms with E-state index in [1.807, 2.05) is 4.90 Å².